The topological polar surface area (TPSA) is 95.6 Å². The number of hydrogen-bond donors (Lipinski definition) is 1. The van der Waals surface area contributed by atoms with Gasteiger partial charge in [-0.1, -0.05) is 6.92 Å². The molecule has 0 bridgehead atoms. The van der Waals surface area contributed by atoms with Crippen molar-refractivity contribution in [3.8, 4) is 17.4 Å². The maximum atomic E-state index is 14.7. The second kappa shape index (κ2) is 9.31. The second-order valence-electron chi connectivity index (χ2n) is 9.37. The summed E-state index contributed by atoms with van der Waals surface area (Å²) in [5, 5.41) is 0. The molecule has 1 fully saturated rings. The number of hydrogen-bond acceptors (Lipinski definition) is 8. The van der Waals surface area contributed by atoms with E-state index in [1.54, 1.807) is 19.4 Å². The van der Waals surface area contributed by atoms with E-state index in [1.165, 1.54) is 6.20 Å². The summed E-state index contributed by atoms with van der Waals surface area (Å²) in [6.45, 7) is 5.80. The van der Waals surface area contributed by atoms with Crippen molar-refractivity contribution in [2.45, 2.75) is 32.2 Å². The van der Waals surface area contributed by atoms with Gasteiger partial charge in [0, 0.05) is 48.9 Å². The van der Waals surface area contributed by atoms with Gasteiger partial charge in [0.25, 0.3) is 0 Å². The minimum atomic E-state index is -0.336. The highest BCUT2D eigenvalue weighted by molar-refractivity contribution is 5.78. The highest BCUT2D eigenvalue weighted by Crippen LogP contribution is 2.35. The molecule has 1 saturated heterocycles. The molecule has 2 aliphatic heterocycles. The van der Waals surface area contributed by atoms with Crippen LogP contribution in [0.15, 0.2) is 30.6 Å². The summed E-state index contributed by atoms with van der Waals surface area (Å²) in [6.07, 6.45) is 5.17. The fraction of sp³-hybridized carbons (Fsp3) is 0.480. The van der Waals surface area contributed by atoms with Gasteiger partial charge < -0.3 is 24.8 Å². The normalized spacial score (nSPS) is 21.1. The Hall–Kier alpha value is -3.04. The highest BCUT2D eigenvalue weighted by atomic mass is 19.1. The molecule has 5 heterocycles. The predicted octanol–water partition coefficient (Wildman–Crippen LogP) is 2.77. The molecule has 0 radical (unpaired) electrons. The molecule has 0 aliphatic carbocycles. The fourth-order valence-electron chi connectivity index (χ4n) is 4.85. The van der Waals surface area contributed by atoms with Crippen LogP contribution in [0, 0.1) is 11.2 Å². The Morgan fingerprint density at radius 1 is 1.21 bits per heavy atom. The van der Waals surface area contributed by atoms with E-state index in [2.05, 4.69) is 26.8 Å². The van der Waals surface area contributed by atoms with Crippen LogP contribution in [0.3, 0.4) is 0 Å². The molecule has 9 heteroatoms. The van der Waals surface area contributed by atoms with Crippen LogP contribution in [0.1, 0.15) is 24.6 Å². The Kier molecular flexibility index (Phi) is 6.22. The second-order valence-corrected chi connectivity index (χ2v) is 9.37. The molecule has 2 N–H and O–H groups in total. The fourth-order valence-corrected chi connectivity index (χ4v) is 4.85. The maximum Gasteiger partial charge on any atom is 0.213 e. The van der Waals surface area contributed by atoms with E-state index in [1.807, 2.05) is 12.1 Å². The largest absolute Gasteiger partial charge is 0.486 e. The van der Waals surface area contributed by atoms with Gasteiger partial charge in [-0.2, -0.15) is 0 Å². The van der Waals surface area contributed by atoms with E-state index in [9.17, 15) is 4.39 Å². The predicted molar refractivity (Wildman–Crippen MR) is 126 cm³/mol. The van der Waals surface area contributed by atoms with Crippen molar-refractivity contribution in [2.24, 2.45) is 11.1 Å². The highest BCUT2D eigenvalue weighted by Gasteiger charge is 2.39. The summed E-state index contributed by atoms with van der Waals surface area (Å²) in [4.78, 5) is 15.5. The lowest BCUT2D eigenvalue weighted by Crippen LogP contribution is -2.43. The number of rotatable bonds is 7. The zero-order valence-electron chi connectivity index (χ0n) is 19.6. The third kappa shape index (κ3) is 4.50. The van der Waals surface area contributed by atoms with E-state index in [0.717, 1.165) is 37.5 Å². The molecule has 2 unspecified atom stereocenters. The van der Waals surface area contributed by atoms with Crippen LogP contribution in [0.5, 0.6) is 17.4 Å². The smallest absolute Gasteiger partial charge is 0.213 e. The number of likely N-dealkylation sites (tertiary alicyclic amines) is 1. The first-order valence-corrected chi connectivity index (χ1v) is 11.7. The van der Waals surface area contributed by atoms with Gasteiger partial charge in [-0.3, -0.25) is 9.97 Å². The molecular formula is C25H30FN5O3. The van der Waals surface area contributed by atoms with Gasteiger partial charge >= 0.3 is 0 Å². The van der Waals surface area contributed by atoms with Crippen LogP contribution in [0.2, 0.25) is 0 Å². The molecule has 0 saturated carbocycles. The Balaban J connectivity index is 1.24. The maximum absolute atomic E-state index is 14.7. The van der Waals surface area contributed by atoms with E-state index in [-0.39, 0.29) is 17.3 Å². The Labute approximate surface area is 198 Å². The summed E-state index contributed by atoms with van der Waals surface area (Å²) in [5.74, 6) is 1.54. The van der Waals surface area contributed by atoms with Crippen molar-refractivity contribution in [1.82, 2.24) is 19.9 Å². The minimum absolute atomic E-state index is 0.0584. The number of nitrogens with zero attached hydrogens (tertiary/aromatic N) is 4. The average Bonchev–Trinajstić information content (AvgIpc) is 3.25. The summed E-state index contributed by atoms with van der Waals surface area (Å²) in [7, 11) is 1.55. The number of pyridine rings is 3. The zero-order valence-corrected chi connectivity index (χ0v) is 19.6. The minimum Gasteiger partial charge on any atom is -0.486 e. The van der Waals surface area contributed by atoms with Crippen molar-refractivity contribution in [2.75, 3.05) is 40.0 Å². The molecule has 2 aliphatic rings. The van der Waals surface area contributed by atoms with E-state index < -0.39 is 0 Å². The van der Waals surface area contributed by atoms with Crippen LogP contribution in [0.4, 0.5) is 4.39 Å². The first-order valence-electron chi connectivity index (χ1n) is 11.7. The SMILES string of the molecule is COc1ccc2ncc(F)c(CCN3CCC(C)(C(N)Cc4cc5c(cn4)OCCO5)C3)c2n1. The molecule has 180 valence electrons. The van der Waals surface area contributed by atoms with E-state index in [0.29, 0.717) is 54.3 Å². The first kappa shape index (κ1) is 22.7. The average molecular weight is 468 g/mol. The van der Waals surface area contributed by atoms with Crippen LogP contribution < -0.4 is 19.9 Å². The third-order valence-electron chi connectivity index (χ3n) is 7.02. The van der Waals surface area contributed by atoms with Crippen molar-refractivity contribution in [1.29, 1.82) is 0 Å². The molecule has 2 atom stereocenters. The van der Waals surface area contributed by atoms with Crippen molar-refractivity contribution in [3.05, 3.63) is 47.7 Å². The van der Waals surface area contributed by atoms with Crippen molar-refractivity contribution < 1.29 is 18.6 Å². The number of halogens is 1. The first-order chi connectivity index (χ1) is 16.4. The summed E-state index contributed by atoms with van der Waals surface area (Å²) in [5.41, 5.74) is 9.33. The number of fused-ring (bicyclic) bond motifs is 2. The van der Waals surface area contributed by atoms with Gasteiger partial charge in [-0.25, -0.2) is 9.37 Å². The van der Waals surface area contributed by atoms with Crippen LogP contribution in [-0.4, -0.2) is 65.9 Å². The van der Waals surface area contributed by atoms with Crippen LogP contribution in [0.25, 0.3) is 11.0 Å². The zero-order chi connectivity index (χ0) is 23.7. The number of nitrogens with two attached hydrogens (primary N) is 1. The number of ether oxygens (including phenoxy) is 3. The van der Waals surface area contributed by atoms with Crippen molar-refractivity contribution in [3.63, 3.8) is 0 Å². The number of aromatic nitrogens is 3. The third-order valence-corrected chi connectivity index (χ3v) is 7.02. The molecule has 8 nitrogen and oxygen atoms in total. The van der Waals surface area contributed by atoms with Crippen molar-refractivity contribution >= 4 is 11.0 Å². The molecule has 0 amide bonds. The van der Waals surface area contributed by atoms with E-state index in [4.69, 9.17) is 19.9 Å². The molecule has 34 heavy (non-hydrogen) atoms. The lowest BCUT2D eigenvalue weighted by molar-refractivity contribution is 0.170. The van der Waals surface area contributed by atoms with Gasteiger partial charge in [-0.05, 0) is 30.9 Å². The quantitative estimate of drug-likeness (QED) is 0.567. The molecule has 0 spiro atoms. The van der Waals surface area contributed by atoms with Crippen LogP contribution >= 0.6 is 0 Å². The van der Waals surface area contributed by atoms with Crippen LogP contribution in [-0.2, 0) is 12.8 Å². The van der Waals surface area contributed by atoms with Gasteiger partial charge in [0.05, 0.1) is 30.5 Å². The molecule has 3 aromatic rings. The summed E-state index contributed by atoms with van der Waals surface area (Å²) >= 11 is 0. The van der Waals surface area contributed by atoms with E-state index >= 15 is 0 Å². The Morgan fingerprint density at radius 2 is 2.03 bits per heavy atom. The molecule has 0 aromatic carbocycles. The standard InChI is InChI=1S/C25H30FN5O3/c1-25(22(27)12-16-11-20-21(14-28-16)34-10-9-33-20)6-8-31(15-25)7-5-17-18(26)13-29-19-3-4-23(32-2)30-24(17)19/h3-4,11,13-14,22H,5-10,12,15,27H2,1-2H3. The summed E-state index contributed by atoms with van der Waals surface area (Å²) in [6, 6.07) is 5.42. The lowest BCUT2D eigenvalue weighted by Gasteiger charge is -2.31. The summed E-state index contributed by atoms with van der Waals surface area (Å²) < 4.78 is 31.1. The number of methoxy groups -OCH3 is 1. The molecule has 3 aromatic heterocycles. The van der Waals surface area contributed by atoms with Gasteiger partial charge in [0.15, 0.2) is 11.5 Å². The Bertz CT molecular complexity index is 1190. The monoisotopic (exact) mass is 467 g/mol. The lowest BCUT2D eigenvalue weighted by atomic mass is 9.79. The Morgan fingerprint density at radius 3 is 2.85 bits per heavy atom. The molecule has 5 rings (SSSR count). The van der Waals surface area contributed by atoms with Gasteiger partial charge in [0.1, 0.15) is 19.0 Å². The van der Waals surface area contributed by atoms with Gasteiger partial charge in [0.2, 0.25) is 5.88 Å². The van der Waals surface area contributed by atoms with Gasteiger partial charge in [-0.15, -0.1) is 0 Å². The molecular weight excluding hydrogens is 437 g/mol.